The highest BCUT2D eigenvalue weighted by Gasteiger charge is 2.30. The van der Waals surface area contributed by atoms with Crippen LogP contribution in [0.15, 0.2) is 16.7 Å². The molecule has 0 N–H and O–H groups in total. The lowest BCUT2D eigenvalue weighted by Crippen LogP contribution is -2.42. The SMILES string of the molecule is COC(=O)C1CCCN(C(=O)c2occc2C)C1. The first-order valence-corrected chi connectivity index (χ1v) is 6.04. The summed E-state index contributed by atoms with van der Waals surface area (Å²) in [4.78, 5) is 25.4. The Morgan fingerprint density at radius 3 is 2.89 bits per heavy atom. The number of amides is 1. The number of rotatable bonds is 2. The normalized spacial score (nSPS) is 19.7. The van der Waals surface area contributed by atoms with Gasteiger partial charge in [0, 0.05) is 18.7 Å². The number of ether oxygens (including phenoxy) is 1. The van der Waals surface area contributed by atoms with Crippen LogP contribution in [0.3, 0.4) is 0 Å². The second kappa shape index (κ2) is 5.25. The van der Waals surface area contributed by atoms with Crippen molar-refractivity contribution in [3.63, 3.8) is 0 Å². The maximum atomic E-state index is 12.2. The minimum absolute atomic E-state index is 0.147. The van der Waals surface area contributed by atoms with Crippen molar-refractivity contribution >= 4 is 11.9 Å². The average Bonchev–Trinajstić information content (AvgIpc) is 2.83. The molecule has 98 valence electrons. The number of carbonyl (C=O) groups is 2. The molecule has 1 aromatic rings. The van der Waals surface area contributed by atoms with Gasteiger partial charge in [0.15, 0.2) is 5.76 Å². The number of hydrogen-bond donors (Lipinski definition) is 0. The number of carbonyl (C=O) groups excluding carboxylic acids is 2. The van der Waals surface area contributed by atoms with E-state index in [-0.39, 0.29) is 17.8 Å². The highest BCUT2D eigenvalue weighted by Crippen LogP contribution is 2.21. The lowest BCUT2D eigenvalue weighted by Gasteiger charge is -2.30. The Balaban J connectivity index is 2.07. The fraction of sp³-hybridized carbons (Fsp3) is 0.538. The van der Waals surface area contributed by atoms with Gasteiger partial charge in [-0.05, 0) is 25.8 Å². The van der Waals surface area contributed by atoms with Crippen LogP contribution in [0.1, 0.15) is 29.0 Å². The second-order valence-electron chi connectivity index (χ2n) is 4.55. The number of aryl methyl sites for hydroxylation is 1. The summed E-state index contributed by atoms with van der Waals surface area (Å²) in [5.74, 6) is -0.252. The first kappa shape index (κ1) is 12.7. The second-order valence-corrected chi connectivity index (χ2v) is 4.55. The molecule has 0 spiro atoms. The number of methoxy groups -OCH3 is 1. The first-order valence-electron chi connectivity index (χ1n) is 6.04. The van der Waals surface area contributed by atoms with Crippen molar-refractivity contribution in [3.8, 4) is 0 Å². The molecule has 1 amide bonds. The van der Waals surface area contributed by atoms with E-state index in [4.69, 9.17) is 9.15 Å². The van der Waals surface area contributed by atoms with Gasteiger partial charge < -0.3 is 14.1 Å². The summed E-state index contributed by atoms with van der Waals surface area (Å²) in [6.45, 7) is 2.90. The lowest BCUT2D eigenvalue weighted by molar-refractivity contribution is -0.146. The molecule has 1 aliphatic heterocycles. The van der Waals surface area contributed by atoms with E-state index in [1.165, 1.54) is 13.4 Å². The number of hydrogen-bond acceptors (Lipinski definition) is 4. The Morgan fingerprint density at radius 1 is 1.50 bits per heavy atom. The molecule has 0 bridgehead atoms. The summed E-state index contributed by atoms with van der Waals surface area (Å²) in [7, 11) is 1.37. The topological polar surface area (TPSA) is 59.8 Å². The highest BCUT2D eigenvalue weighted by atomic mass is 16.5. The molecule has 0 saturated carbocycles. The number of piperidine rings is 1. The molecule has 0 radical (unpaired) electrons. The van der Waals surface area contributed by atoms with Crippen molar-refractivity contribution in [2.75, 3.05) is 20.2 Å². The highest BCUT2D eigenvalue weighted by molar-refractivity contribution is 5.93. The maximum Gasteiger partial charge on any atom is 0.310 e. The van der Waals surface area contributed by atoms with E-state index in [1.54, 1.807) is 11.0 Å². The van der Waals surface area contributed by atoms with Crippen LogP contribution in [0.25, 0.3) is 0 Å². The van der Waals surface area contributed by atoms with Gasteiger partial charge in [-0.3, -0.25) is 9.59 Å². The van der Waals surface area contributed by atoms with Gasteiger partial charge in [-0.15, -0.1) is 0 Å². The first-order chi connectivity index (χ1) is 8.63. The van der Waals surface area contributed by atoms with E-state index in [2.05, 4.69) is 0 Å². The Kier molecular flexibility index (Phi) is 3.69. The van der Waals surface area contributed by atoms with Gasteiger partial charge in [-0.25, -0.2) is 0 Å². The van der Waals surface area contributed by atoms with E-state index in [9.17, 15) is 9.59 Å². The molecule has 5 nitrogen and oxygen atoms in total. The van der Waals surface area contributed by atoms with E-state index < -0.39 is 0 Å². The van der Waals surface area contributed by atoms with Crippen LogP contribution in [-0.4, -0.2) is 37.0 Å². The molecular formula is C13H17NO4. The Bertz CT molecular complexity index is 452. The minimum atomic E-state index is -0.247. The van der Waals surface area contributed by atoms with Crippen LogP contribution in [0.2, 0.25) is 0 Å². The van der Waals surface area contributed by atoms with E-state index in [1.807, 2.05) is 6.92 Å². The van der Waals surface area contributed by atoms with Gasteiger partial charge in [0.1, 0.15) is 0 Å². The van der Waals surface area contributed by atoms with Crippen molar-refractivity contribution < 1.29 is 18.7 Å². The summed E-state index contributed by atoms with van der Waals surface area (Å²) in [6.07, 6.45) is 3.09. The average molecular weight is 251 g/mol. The molecule has 1 unspecified atom stereocenters. The van der Waals surface area contributed by atoms with Crippen molar-refractivity contribution in [1.29, 1.82) is 0 Å². The minimum Gasteiger partial charge on any atom is -0.469 e. The Hall–Kier alpha value is -1.78. The lowest BCUT2D eigenvalue weighted by atomic mass is 9.98. The van der Waals surface area contributed by atoms with Gasteiger partial charge in [0.05, 0.1) is 19.3 Å². The monoisotopic (exact) mass is 251 g/mol. The molecular weight excluding hydrogens is 234 g/mol. The number of likely N-dealkylation sites (tertiary alicyclic amines) is 1. The van der Waals surface area contributed by atoms with Crippen LogP contribution in [0.5, 0.6) is 0 Å². The molecule has 1 aliphatic rings. The molecule has 1 fully saturated rings. The summed E-state index contributed by atoms with van der Waals surface area (Å²) in [5.41, 5.74) is 0.820. The fourth-order valence-corrected chi connectivity index (χ4v) is 2.26. The number of nitrogens with zero attached hydrogens (tertiary/aromatic N) is 1. The van der Waals surface area contributed by atoms with Crippen LogP contribution < -0.4 is 0 Å². The molecule has 18 heavy (non-hydrogen) atoms. The third-order valence-electron chi connectivity index (χ3n) is 3.30. The van der Waals surface area contributed by atoms with Gasteiger partial charge in [0.25, 0.3) is 5.91 Å². The zero-order chi connectivity index (χ0) is 13.1. The third kappa shape index (κ3) is 2.39. The maximum absolute atomic E-state index is 12.2. The summed E-state index contributed by atoms with van der Waals surface area (Å²) in [5, 5.41) is 0. The van der Waals surface area contributed by atoms with Crippen LogP contribution in [0, 0.1) is 12.8 Å². The smallest absolute Gasteiger partial charge is 0.310 e. The number of esters is 1. The summed E-state index contributed by atoms with van der Waals surface area (Å²) < 4.78 is 9.93. The van der Waals surface area contributed by atoms with E-state index >= 15 is 0 Å². The summed E-state index contributed by atoms with van der Waals surface area (Å²) in [6, 6.07) is 1.76. The zero-order valence-electron chi connectivity index (χ0n) is 10.6. The quantitative estimate of drug-likeness (QED) is 0.749. The molecule has 5 heteroatoms. The summed E-state index contributed by atoms with van der Waals surface area (Å²) >= 11 is 0. The largest absolute Gasteiger partial charge is 0.469 e. The third-order valence-corrected chi connectivity index (χ3v) is 3.30. The molecule has 1 aromatic heterocycles. The van der Waals surface area contributed by atoms with Crippen LogP contribution in [0.4, 0.5) is 0 Å². The number of furan rings is 1. The predicted molar refractivity (Wildman–Crippen MR) is 64.1 cm³/mol. The molecule has 0 aliphatic carbocycles. The predicted octanol–water partition coefficient (Wildman–Crippen LogP) is 1.61. The Morgan fingerprint density at radius 2 is 2.28 bits per heavy atom. The van der Waals surface area contributed by atoms with Gasteiger partial charge in [0.2, 0.25) is 0 Å². The van der Waals surface area contributed by atoms with Gasteiger partial charge in [-0.2, -0.15) is 0 Å². The van der Waals surface area contributed by atoms with Crippen molar-refractivity contribution in [1.82, 2.24) is 4.90 Å². The molecule has 2 heterocycles. The van der Waals surface area contributed by atoms with Crippen LogP contribution >= 0.6 is 0 Å². The Labute approximate surface area is 106 Å². The van der Waals surface area contributed by atoms with E-state index in [0.29, 0.717) is 18.8 Å². The van der Waals surface area contributed by atoms with Crippen molar-refractivity contribution in [3.05, 3.63) is 23.7 Å². The van der Waals surface area contributed by atoms with Gasteiger partial charge in [-0.1, -0.05) is 0 Å². The van der Waals surface area contributed by atoms with Crippen molar-refractivity contribution in [2.45, 2.75) is 19.8 Å². The molecule has 2 rings (SSSR count). The van der Waals surface area contributed by atoms with Crippen LogP contribution in [-0.2, 0) is 9.53 Å². The van der Waals surface area contributed by atoms with Gasteiger partial charge >= 0.3 is 5.97 Å². The molecule has 0 aromatic carbocycles. The van der Waals surface area contributed by atoms with E-state index in [0.717, 1.165) is 18.4 Å². The molecule has 1 saturated heterocycles. The standard InChI is InChI=1S/C13H17NO4/c1-9-5-7-18-11(9)12(15)14-6-3-4-10(8-14)13(16)17-2/h5,7,10H,3-4,6,8H2,1-2H3. The fourth-order valence-electron chi connectivity index (χ4n) is 2.26. The zero-order valence-corrected chi connectivity index (χ0v) is 10.6. The van der Waals surface area contributed by atoms with Crippen molar-refractivity contribution in [2.24, 2.45) is 5.92 Å². The molecule has 1 atom stereocenters.